The first kappa shape index (κ1) is 14.5. The Morgan fingerprint density at radius 1 is 1.21 bits per heavy atom. The standard InChI is InChI=1S/C15H22O4/c16-7-6-13-10-18-11-14(13)15(8-17)19-9-12-4-2-1-3-5-12/h1-5,13-17H,6-11H2/t13-,14+,15+/m0/s1. The van der Waals surface area contributed by atoms with Crippen molar-refractivity contribution in [2.75, 3.05) is 26.4 Å². The molecular formula is C15H22O4. The zero-order valence-electron chi connectivity index (χ0n) is 11.1. The van der Waals surface area contributed by atoms with Crippen molar-refractivity contribution in [1.82, 2.24) is 0 Å². The number of ether oxygens (including phenoxy) is 2. The molecule has 1 aliphatic heterocycles. The van der Waals surface area contributed by atoms with Crippen molar-refractivity contribution < 1.29 is 19.7 Å². The van der Waals surface area contributed by atoms with E-state index >= 15 is 0 Å². The second kappa shape index (κ2) is 7.60. The molecule has 1 aromatic rings. The molecule has 1 fully saturated rings. The Kier molecular flexibility index (Phi) is 5.79. The minimum absolute atomic E-state index is 0.0111. The minimum atomic E-state index is -0.223. The molecule has 2 N–H and O–H groups in total. The normalized spacial score (nSPS) is 24.5. The van der Waals surface area contributed by atoms with Gasteiger partial charge in [-0.25, -0.2) is 0 Å². The molecule has 3 atom stereocenters. The lowest BCUT2D eigenvalue weighted by molar-refractivity contribution is -0.0438. The van der Waals surface area contributed by atoms with Crippen molar-refractivity contribution in [2.24, 2.45) is 11.8 Å². The number of aliphatic hydroxyl groups is 2. The highest BCUT2D eigenvalue weighted by molar-refractivity contribution is 5.13. The average molecular weight is 266 g/mol. The van der Waals surface area contributed by atoms with Gasteiger partial charge in [0.05, 0.1) is 25.9 Å². The summed E-state index contributed by atoms with van der Waals surface area (Å²) in [7, 11) is 0. The third-order valence-electron chi connectivity index (χ3n) is 3.71. The van der Waals surface area contributed by atoms with E-state index in [1.54, 1.807) is 0 Å². The van der Waals surface area contributed by atoms with Gasteiger partial charge in [-0.3, -0.25) is 0 Å². The van der Waals surface area contributed by atoms with E-state index in [0.717, 1.165) is 5.56 Å². The van der Waals surface area contributed by atoms with Crippen LogP contribution < -0.4 is 0 Å². The van der Waals surface area contributed by atoms with Crippen LogP contribution in [0.3, 0.4) is 0 Å². The van der Waals surface area contributed by atoms with Gasteiger partial charge in [-0.15, -0.1) is 0 Å². The summed E-state index contributed by atoms with van der Waals surface area (Å²) in [5.41, 5.74) is 1.10. The number of benzene rings is 1. The fourth-order valence-electron chi connectivity index (χ4n) is 2.58. The van der Waals surface area contributed by atoms with Gasteiger partial charge in [0.15, 0.2) is 0 Å². The maximum Gasteiger partial charge on any atom is 0.0863 e. The number of hydrogen-bond acceptors (Lipinski definition) is 4. The maximum atomic E-state index is 9.51. The lowest BCUT2D eigenvalue weighted by Crippen LogP contribution is -2.33. The van der Waals surface area contributed by atoms with Crippen LogP contribution in [-0.2, 0) is 16.1 Å². The van der Waals surface area contributed by atoms with E-state index in [1.807, 2.05) is 30.3 Å². The summed E-state index contributed by atoms with van der Waals surface area (Å²) in [4.78, 5) is 0. The molecule has 2 rings (SSSR count). The second-order valence-corrected chi connectivity index (χ2v) is 4.99. The van der Waals surface area contributed by atoms with E-state index in [2.05, 4.69) is 0 Å². The first-order chi connectivity index (χ1) is 9.35. The summed E-state index contributed by atoms with van der Waals surface area (Å²) in [6.45, 7) is 1.89. The maximum absolute atomic E-state index is 9.51. The third-order valence-corrected chi connectivity index (χ3v) is 3.71. The van der Waals surface area contributed by atoms with Crippen molar-refractivity contribution in [1.29, 1.82) is 0 Å². The highest BCUT2D eigenvalue weighted by Gasteiger charge is 2.34. The zero-order chi connectivity index (χ0) is 13.5. The summed E-state index contributed by atoms with van der Waals surface area (Å²) in [6, 6.07) is 9.92. The lowest BCUT2D eigenvalue weighted by Gasteiger charge is -2.25. The quantitative estimate of drug-likeness (QED) is 0.779. The molecule has 0 unspecified atom stereocenters. The van der Waals surface area contributed by atoms with Gasteiger partial charge in [-0.2, -0.15) is 0 Å². The third kappa shape index (κ3) is 4.01. The van der Waals surface area contributed by atoms with E-state index in [9.17, 15) is 5.11 Å². The Morgan fingerprint density at radius 2 is 2.00 bits per heavy atom. The molecule has 106 valence electrons. The smallest absolute Gasteiger partial charge is 0.0863 e. The van der Waals surface area contributed by atoms with Gasteiger partial charge in [0.25, 0.3) is 0 Å². The first-order valence-corrected chi connectivity index (χ1v) is 6.80. The van der Waals surface area contributed by atoms with E-state index in [1.165, 1.54) is 0 Å². The van der Waals surface area contributed by atoms with Crippen molar-refractivity contribution in [3.05, 3.63) is 35.9 Å². The van der Waals surface area contributed by atoms with Gasteiger partial charge in [0.1, 0.15) is 0 Å². The van der Waals surface area contributed by atoms with E-state index in [-0.39, 0.29) is 31.2 Å². The summed E-state index contributed by atoms with van der Waals surface area (Å²) in [6.07, 6.45) is 0.481. The topological polar surface area (TPSA) is 58.9 Å². The first-order valence-electron chi connectivity index (χ1n) is 6.80. The molecule has 1 aliphatic rings. The molecule has 1 saturated heterocycles. The molecule has 0 saturated carbocycles. The summed E-state index contributed by atoms with van der Waals surface area (Å²) < 4.78 is 11.3. The molecule has 4 nitrogen and oxygen atoms in total. The molecule has 0 radical (unpaired) electrons. The Bertz CT molecular complexity index is 354. The van der Waals surface area contributed by atoms with Crippen LogP contribution in [-0.4, -0.2) is 42.7 Å². The molecule has 0 bridgehead atoms. The van der Waals surface area contributed by atoms with Crippen molar-refractivity contribution in [2.45, 2.75) is 19.1 Å². The van der Waals surface area contributed by atoms with Gasteiger partial charge in [-0.1, -0.05) is 30.3 Å². The van der Waals surface area contributed by atoms with Crippen LogP contribution >= 0.6 is 0 Å². The predicted molar refractivity (Wildman–Crippen MR) is 71.6 cm³/mol. The van der Waals surface area contributed by atoms with Crippen molar-refractivity contribution in [3.8, 4) is 0 Å². The van der Waals surface area contributed by atoms with E-state index < -0.39 is 0 Å². The molecular weight excluding hydrogens is 244 g/mol. The highest BCUT2D eigenvalue weighted by Crippen LogP contribution is 2.28. The van der Waals surface area contributed by atoms with Crippen LogP contribution in [0.5, 0.6) is 0 Å². The van der Waals surface area contributed by atoms with Gasteiger partial charge in [0.2, 0.25) is 0 Å². The molecule has 1 heterocycles. The molecule has 0 aliphatic carbocycles. The fraction of sp³-hybridized carbons (Fsp3) is 0.600. The van der Waals surface area contributed by atoms with Gasteiger partial charge >= 0.3 is 0 Å². The largest absolute Gasteiger partial charge is 0.396 e. The molecule has 4 heteroatoms. The van der Waals surface area contributed by atoms with Crippen LogP contribution in [0.2, 0.25) is 0 Å². The van der Waals surface area contributed by atoms with Gasteiger partial charge in [-0.05, 0) is 17.9 Å². The highest BCUT2D eigenvalue weighted by atomic mass is 16.5. The SMILES string of the molecule is OCC[C@H]1COC[C@H]1[C@@H](CO)OCc1ccccc1. The Hall–Kier alpha value is -0.940. The molecule has 1 aromatic carbocycles. The Balaban J connectivity index is 1.88. The van der Waals surface area contributed by atoms with Gasteiger partial charge in [0, 0.05) is 19.1 Å². The molecule has 0 amide bonds. The van der Waals surface area contributed by atoms with Gasteiger partial charge < -0.3 is 19.7 Å². The van der Waals surface area contributed by atoms with Crippen LogP contribution in [0.4, 0.5) is 0 Å². The van der Waals surface area contributed by atoms with Crippen LogP contribution in [0.25, 0.3) is 0 Å². The van der Waals surface area contributed by atoms with E-state index in [4.69, 9.17) is 14.6 Å². The summed E-state index contributed by atoms with van der Waals surface area (Å²) >= 11 is 0. The number of hydrogen-bond donors (Lipinski definition) is 2. The zero-order valence-corrected chi connectivity index (χ0v) is 11.1. The molecule has 0 aromatic heterocycles. The Labute approximate surface area is 114 Å². The van der Waals surface area contributed by atoms with Crippen molar-refractivity contribution >= 4 is 0 Å². The van der Waals surface area contributed by atoms with Crippen LogP contribution in [0.1, 0.15) is 12.0 Å². The summed E-state index contributed by atoms with van der Waals surface area (Å²) in [5, 5.41) is 18.6. The fourth-order valence-corrected chi connectivity index (χ4v) is 2.58. The van der Waals surface area contributed by atoms with Crippen molar-refractivity contribution in [3.63, 3.8) is 0 Å². The average Bonchev–Trinajstić information content (AvgIpc) is 2.90. The minimum Gasteiger partial charge on any atom is -0.396 e. The molecule has 19 heavy (non-hydrogen) atoms. The Morgan fingerprint density at radius 3 is 2.68 bits per heavy atom. The van der Waals surface area contributed by atoms with Crippen LogP contribution in [0.15, 0.2) is 30.3 Å². The van der Waals surface area contributed by atoms with Crippen LogP contribution in [0, 0.1) is 11.8 Å². The van der Waals surface area contributed by atoms with E-state index in [0.29, 0.717) is 26.2 Å². The monoisotopic (exact) mass is 266 g/mol. The number of rotatable bonds is 7. The predicted octanol–water partition coefficient (Wildman–Crippen LogP) is 1.21. The summed E-state index contributed by atoms with van der Waals surface area (Å²) in [5.74, 6) is 0.443. The number of aliphatic hydroxyl groups excluding tert-OH is 2. The second-order valence-electron chi connectivity index (χ2n) is 4.99. The molecule has 0 spiro atoms. The lowest BCUT2D eigenvalue weighted by atomic mass is 9.88.